The molecular formula is C10H19N3O. The van der Waals surface area contributed by atoms with Gasteiger partial charge in [-0.15, -0.1) is 0 Å². The Balaban J connectivity index is 2.27. The largest absolute Gasteiger partial charge is 0.385 e. The smallest absolute Gasteiger partial charge is 0.0534 e. The standard InChI is InChI=1S/C10H19N3O/c1-3-11-7-10-8-12-13(9-10)5-4-6-14-2/h8-9,11H,3-7H2,1-2H3. The first-order valence-corrected chi connectivity index (χ1v) is 5.07. The number of aryl methyl sites for hydroxylation is 1. The molecule has 4 nitrogen and oxygen atoms in total. The Kier molecular flexibility index (Phi) is 5.25. The van der Waals surface area contributed by atoms with Crippen LogP contribution in [0.3, 0.4) is 0 Å². The zero-order valence-electron chi connectivity index (χ0n) is 8.99. The van der Waals surface area contributed by atoms with Crippen molar-refractivity contribution in [1.82, 2.24) is 15.1 Å². The molecule has 0 aliphatic rings. The molecule has 0 spiro atoms. The van der Waals surface area contributed by atoms with E-state index in [2.05, 4.69) is 23.5 Å². The van der Waals surface area contributed by atoms with Crippen molar-refractivity contribution in [2.75, 3.05) is 20.3 Å². The van der Waals surface area contributed by atoms with E-state index in [1.54, 1.807) is 7.11 Å². The molecule has 1 rings (SSSR count). The zero-order valence-corrected chi connectivity index (χ0v) is 8.99. The molecule has 0 saturated heterocycles. The van der Waals surface area contributed by atoms with Crippen LogP contribution < -0.4 is 5.32 Å². The Bertz CT molecular complexity index is 247. The Morgan fingerprint density at radius 3 is 3.14 bits per heavy atom. The van der Waals surface area contributed by atoms with Gasteiger partial charge in [0.25, 0.3) is 0 Å². The fourth-order valence-corrected chi connectivity index (χ4v) is 1.26. The van der Waals surface area contributed by atoms with Gasteiger partial charge in [-0.25, -0.2) is 0 Å². The number of nitrogens with one attached hydrogen (secondary N) is 1. The first kappa shape index (κ1) is 11.2. The normalized spacial score (nSPS) is 10.7. The molecule has 14 heavy (non-hydrogen) atoms. The Morgan fingerprint density at radius 1 is 1.57 bits per heavy atom. The van der Waals surface area contributed by atoms with E-state index in [1.807, 2.05) is 10.9 Å². The molecule has 0 saturated carbocycles. The predicted octanol–water partition coefficient (Wildman–Crippen LogP) is 1.03. The molecule has 0 atom stereocenters. The molecule has 1 aromatic rings. The average Bonchev–Trinajstić information content (AvgIpc) is 2.63. The number of hydrogen-bond acceptors (Lipinski definition) is 3. The second-order valence-electron chi connectivity index (χ2n) is 3.24. The summed E-state index contributed by atoms with van der Waals surface area (Å²) < 4.78 is 6.95. The third kappa shape index (κ3) is 3.89. The molecular weight excluding hydrogens is 178 g/mol. The summed E-state index contributed by atoms with van der Waals surface area (Å²) in [4.78, 5) is 0. The molecule has 0 amide bonds. The quantitative estimate of drug-likeness (QED) is 0.664. The number of aromatic nitrogens is 2. The Morgan fingerprint density at radius 2 is 2.43 bits per heavy atom. The molecule has 1 heterocycles. The van der Waals surface area contributed by atoms with Crippen LogP contribution in [0.5, 0.6) is 0 Å². The van der Waals surface area contributed by atoms with E-state index in [-0.39, 0.29) is 0 Å². The van der Waals surface area contributed by atoms with Gasteiger partial charge < -0.3 is 10.1 Å². The highest BCUT2D eigenvalue weighted by Gasteiger charge is 1.97. The van der Waals surface area contributed by atoms with Crippen molar-refractivity contribution in [2.45, 2.75) is 26.4 Å². The van der Waals surface area contributed by atoms with Crippen molar-refractivity contribution in [3.05, 3.63) is 18.0 Å². The minimum atomic E-state index is 0.794. The van der Waals surface area contributed by atoms with E-state index in [0.717, 1.165) is 32.7 Å². The van der Waals surface area contributed by atoms with Crippen molar-refractivity contribution in [1.29, 1.82) is 0 Å². The average molecular weight is 197 g/mol. The molecule has 80 valence electrons. The lowest BCUT2D eigenvalue weighted by molar-refractivity contribution is 0.189. The lowest BCUT2D eigenvalue weighted by Gasteiger charge is -2.00. The summed E-state index contributed by atoms with van der Waals surface area (Å²) >= 11 is 0. The monoisotopic (exact) mass is 197 g/mol. The molecule has 4 heteroatoms. The maximum absolute atomic E-state index is 4.98. The molecule has 0 aliphatic heterocycles. The van der Waals surface area contributed by atoms with Gasteiger partial charge in [0.2, 0.25) is 0 Å². The van der Waals surface area contributed by atoms with Gasteiger partial charge in [0.15, 0.2) is 0 Å². The van der Waals surface area contributed by atoms with E-state index in [1.165, 1.54) is 5.56 Å². The van der Waals surface area contributed by atoms with Gasteiger partial charge in [-0.3, -0.25) is 4.68 Å². The van der Waals surface area contributed by atoms with Crippen LogP contribution in [-0.2, 0) is 17.8 Å². The van der Waals surface area contributed by atoms with Crippen LogP contribution in [-0.4, -0.2) is 30.0 Å². The molecule has 0 bridgehead atoms. The van der Waals surface area contributed by atoms with Crippen molar-refractivity contribution < 1.29 is 4.74 Å². The Labute approximate surface area is 85.3 Å². The summed E-state index contributed by atoms with van der Waals surface area (Å²) in [5.41, 5.74) is 1.24. The minimum absolute atomic E-state index is 0.794. The van der Waals surface area contributed by atoms with Gasteiger partial charge >= 0.3 is 0 Å². The summed E-state index contributed by atoms with van der Waals surface area (Å²) in [6.45, 7) is 5.72. The van der Waals surface area contributed by atoms with Crippen LogP contribution in [0.4, 0.5) is 0 Å². The Hall–Kier alpha value is -0.870. The van der Waals surface area contributed by atoms with E-state index >= 15 is 0 Å². The first-order valence-electron chi connectivity index (χ1n) is 5.07. The van der Waals surface area contributed by atoms with Crippen LogP contribution in [0.15, 0.2) is 12.4 Å². The number of ether oxygens (including phenoxy) is 1. The lowest BCUT2D eigenvalue weighted by atomic mass is 10.3. The van der Waals surface area contributed by atoms with E-state index in [0.29, 0.717) is 0 Å². The van der Waals surface area contributed by atoms with Crippen LogP contribution in [0.25, 0.3) is 0 Å². The van der Waals surface area contributed by atoms with Crippen molar-refractivity contribution in [3.8, 4) is 0 Å². The van der Waals surface area contributed by atoms with Crippen LogP contribution >= 0.6 is 0 Å². The zero-order chi connectivity index (χ0) is 10.2. The second kappa shape index (κ2) is 6.56. The van der Waals surface area contributed by atoms with Gasteiger partial charge in [0.05, 0.1) is 6.20 Å². The number of nitrogens with zero attached hydrogens (tertiary/aromatic N) is 2. The maximum atomic E-state index is 4.98. The molecule has 0 unspecified atom stereocenters. The third-order valence-electron chi connectivity index (χ3n) is 2.00. The number of rotatable bonds is 7. The summed E-state index contributed by atoms with van der Waals surface area (Å²) in [6.07, 6.45) is 5.01. The van der Waals surface area contributed by atoms with Crippen molar-refractivity contribution >= 4 is 0 Å². The van der Waals surface area contributed by atoms with E-state index < -0.39 is 0 Å². The van der Waals surface area contributed by atoms with E-state index in [4.69, 9.17) is 4.74 Å². The van der Waals surface area contributed by atoms with Gasteiger partial charge in [0.1, 0.15) is 0 Å². The SMILES string of the molecule is CCNCc1cnn(CCCOC)c1. The molecule has 1 aromatic heterocycles. The van der Waals surface area contributed by atoms with Gasteiger partial charge in [-0.1, -0.05) is 6.92 Å². The second-order valence-corrected chi connectivity index (χ2v) is 3.24. The summed E-state index contributed by atoms with van der Waals surface area (Å²) in [7, 11) is 1.72. The molecule has 0 fully saturated rings. The third-order valence-corrected chi connectivity index (χ3v) is 2.00. The summed E-state index contributed by atoms with van der Waals surface area (Å²) in [6, 6.07) is 0. The number of methoxy groups -OCH3 is 1. The highest BCUT2D eigenvalue weighted by atomic mass is 16.5. The fraction of sp³-hybridized carbons (Fsp3) is 0.700. The molecule has 0 radical (unpaired) electrons. The van der Waals surface area contributed by atoms with Gasteiger partial charge in [-0.05, 0) is 13.0 Å². The molecule has 0 aliphatic carbocycles. The summed E-state index contributed by atoms with van der Waals surface area (Å²) in [5.74, 6) is 0. The van der Waals surface area contributed by atoms with Gasteiger partial charge in [0, 0.05) is 38.6 Å². The van der Waals surface area contributed by atoms with Crippen LogP contribution in [0, 0.1) is 0 Å². The first-order chi connectivity index (χ1) is 6.86. The van der Waals surface area contributed by atoms with E-state index in [9.17, 15) is 0 Å². The lowest BCUT2D eigenvalue weighted by Crippen LogP contribution is -2.11. The minimum Gasteiger partial charge on any atom is -0.385 e. The maximum Gasteiger partial charge on any atom is 0.0534 e. The fourth-order valence-electron chi connectivity index (χ4n) is 1.26. The van der Waals surface area contributed by atoms with Gasteiger partial charge in [-0.2, -0.15) is 5.10 Å². The van der Waals surface area contributed by atoms with Crippen LogP contribution in [0.1, 0.15) is 18.9 Å². The summed E-state index contributed by atoms with van der Waals surface area (Å²) in [5, 5.41) is 7.53. The molecule has 0 aromatic carbocycles. The molecule has 1 N–H and O–H groups in total. The highest BCUT2D eigenvalue weighted by molar-refractivity contribution is 5.02. The van der Waals surface area contributed by atoms with Crippen molar-refractivity contribution in [2.24, 2.45) is 0 Å². The van der Waals surface area contributed by atoms with Crippen molar-refractivity contribution in [3.63, 3.8) is 0 Å². The number of hydrogen-bond donors (Lipinski definition) is 1. The highest BCUT2D eigenvalue weighted by Crippen LogP contribution is 1.98. The van der Waals surface area contributed by atoms with Crippen LogP contribution in [0.2, 0.25) is 0 Å². The predicted molar refractivity (Wildman–Crippen MR) is 56.1 cm³/mol. The topological polar surface area (TPSA) is 39.1 Å².